The zero-order valence-corrected chi connectivity index (χ0v) is 20.3. The summed E-state index contributed by atoms with van der Waals surface area (Å²) in [5, 5.41) is 13.8. The number of carbonyl (C=O) groups excluding carboxylic acids is 2. The molecule has 1 aromatic heterocycles. The molecule has 3 N–H and O–H groups in total. The SMILES string of the molecule is C=CCCNCCN1C(=O)N2[C@H](c3cccc(O)c3)c3[nH]c4ccc(OC)c(F)c4c3C[C@@]2(C)C1=O. The fraction of sp³-hybridized carbons (Fsp3) is 0.333. The van der Waals surface area contributed by atoms with E-state index in [9.17, 15) is 14.7 Å². The molecule has 2 aliphatic heterocycles. The maximum Gasteiger partial charge on any atom is 0.328 e. The normalized spacial score (nSPS) is 21.1. The molecule has 3 amide bonds. The zero-order chi connectivity index (χ0) is 25.6. The molecule has 8 nitrogen and oxygen atoms in total. The smallest absolute Gasteiger partial charge is 0.328 e. The molecule has 5 rings (SSSR count). The van der Waals surface area contributed by atoms with Crippen LogP contribution in [0.1, 0.15) is 36.2 Å². The van der Waals surface area contributed by atoms with Crippen LogP contribution < -0.4 is 10.1 Å². The fourth-order valence-electron chi connectivity index (χ4n) is 5.47. The van der Waals surface area contributed by atoms with Crippen molar-refractivity contribution in [1.29, 1.82) is 0 Å². The number of urea groups is 1. The summed E-state index contributed by atoms with van der Waals surface area (Å²) in [6.07, 6.45) is 2.72. The van der Waals surface area contributed by atoms with Crippen molar-refractivity contribution in [2.75, 3.05) is 26.7 Å². The average molecular weight is 493 g/mol. The van der Waals surface area contributed by atoms with Crippen LogP contribution in [-0.2, 0) is 11.2 Å². The molecule has 0 radical (unpaired) electrons. The number of methoxy groups -OCH3 is 1. The summed E-state index contributed by atoms with van der Waals surface area (Å²) < 4.78 is 20.7. The molecule has 0 aliphatic carbocycles. The number of nitrogens with one attached hydrogen (secondary N) is 2. The molecule has 1 saturated heterocycles. The number of amides is 3. The highest BCUT2D eigenvalue weighted by Crippen LogP contribution is 2.49. The fourth-order valence-corrected chi connectivity index (χ4v) is 5.47. The topological polar surface area (TPSA) is 97.9 Å². The van der Waals surface area contributed by atoms with Gasteiger partial charge >= 0.3 is 6.03 Å². The first-order valence-electron chi connectivity index (χ1n) is 11.9. The molecule has 3 aromatic rings. The number of H-pyrrole nitrogens is 1. The van der Waals surface area contributed by atoms with Gasteiger partial charge in [-0.15, -0.1) is 6.58 Å². The van der Waals surface area contributed by atoms with Gasteiger partial charge in [0.1, 0.15) is 17.3 Å². The molecule has 0 bridgehead atoms. The van der Waals surface area contributed by atoms with Crippen molar-refractivity contribution in [3.8, 4) is 11.5 Å². The minimum absolute atomic E-state index is 0.0338. The molecular weight excluding hydrogens is 463 g/mol. The van der Waals surface area contributed by atoms with Crippen LogP contribution in [-0.4, -0.2) is 64.1 Å². The number of benzene rings is 2. The van der Waals surface area contributed by atoms with Gasteiger partial charge in [0.15, 0.2) is 11.6 Å². The monoisotopic (exact) mass is 492 g/mol. The first-order chi connectivity index (χ1) is 17.3. The Morgan fingerprint density at radius 3 is 2.83 bits per heavy atom. The third kappa shape index (κ3) is 3.53. The lowest BCUT2D eigenvalue weighted by molar-refractivity contribution is -0.133. The predicted molar refractivity (Wildman–Crippen MR) is 133 cm³/mol. The van der Waals surface area contributed by atoms with E-state index in [0.29, 0.717) is 40.8 Å². The Morgan fingerprint density at radius 1 is 1.31 bits per heavy atom. The second kappa shape index (κ2) is 8.98. The minimum atomic E-state index is -1.23. The van der Waals surface area contributed by atoms with Crippen LogP contribution in [0.4, 0.5) is 9.18 Å². The van der Waals surface area contributed by atoms with Gasteiger partial charge < -0.3 is 20.1 Å². The molecule has 2 aliphatic rings. The van der Waals surface area contributed by atoms with E-state index in [1.54, 1.807) is 54.3 Å². The maximum atomic E-state index is 15.5. The zero-order valence-electron chi connectivity index (χ0n) is 20.3. The van der Waals surface area contributed by atoms with Crippen molar-refractivity contribution < 1.29 is 23.8 Å². The number of hydrogen-bond donors (Lipinski definition) is 3. The largest absolute Gasteiger partial charge is 0.508 e. The van der Waals surface area contributed by atoms with Crippen LogP contribution in [0.15, 0.2) is 49.1 Å². The molecule has 3 heterocycles. The maximum absolute atomic E-state index is 15.5. The summed E-state index contributed by atoms with van der Waals surface area (Å²) in [6, 6.07) is 8.73. The lowest BCUT2D eigenvalue weighted by Gasteiger charge is -2.42. The third-order valence-corrected chi connectivity index (χ3v) is 7.17. The van der Waals surface area contributed by atoms with Gasteiger partial charge in [-0.05, 0) is 55.3 Å². The molecule has 9 heteroatoms. The molecule has 2 aromatic carbocycles. The lowest BCUT2D eigenvalue weighted by atomic mass is 9.81. The number of phenolic OH excluding ortho intramolecular Hbond substituents is 1. The number of aromatic hydroxyl groups is 1. The van der Waals surface area contributed by atoms with Gasteiger partial charge in [-0.2, -0.15) is 0 Å². The van der Waals surface area contributed by atoms with Gasteiger partial charge in [-0.3, -0.25) is 14.6 Å². The Bertz CT molecular complexity index is 1370. The van der Waals surface area contributed by atoms with E-state index < -0.39 is 23.4 Å². The van der Waals surface area contributed by atoms with Crippen LogP contribution in [0, 0.1) is 5.82 Å². The van der Waals surface area contributed by atoms with Gasteiger partial charge in [0.05, 0.1) is 7.11 Å². The summed E-state index contributed by atoms with van der Waals surface area (Å²) in [7, 11) is 1.40. The van der Waals surface area contributed by atoms with E-state index in [-0.39, 0.29) is 30.4 Å². The van der Waals surface area contributed by atoms with Crippen molar-refractivity contribution in [1.82, 2.24) is 20.1 Å². The van der Waals surface area contributed by atoms with E-state index in [4.69, 9.17) is 4.74 Å². The Kier molecular flexibility index (Phi) is 5.96. The van der Waals surface area contributed by atoms with E-state index in [1.807, 2.05) is 0 Å². The third-order valence-electron chi connectivity index (χ3n) is 7.17. The highest BCUT2D eigenvalue weighted by molar-refractivity contribution is 6.08. The number of hydrogen-bond acceptors (Lipinski definition) is 5. The van der Waals surface area contributed by atoms with Crippen molar-refractivity contribution in [2.45, 2.75) is 31.3 Å². The standard InChI is InChI=1S/C27H29FN4O4/c1-4-5-11-29-12-13-31-25(34)27(2)15-18-21-19(9-10-20(36-3)22(21)28)30-23(18)24(32(27)26(31)35)16-7-6-8-17(33)14-16/h4,6-10,14,24,29-30,33H,1,5,11-13,15H2,2-3H3/t24-,27+/m1/s1. The summed E-state index contributed by atoms with van der Waals surface area (Å²) in [6.45, 7) is 6.79. The number of aromatic nitrogens is 1. The summed E-state index contributed by atoms with van der Waals surface area (Å²) in [4.78, 5) is 33.6. The Labute approximate surface area is 208 Å². The number of rotatable bonds is 8. The summed E-state index contributed by atoms with van der Waals surface area (Å²) in [5.74, 6) is -0.705. The van der Waals surface area contributed by atoms with Gasteiger partial charge in [0, 0.05) is 36.1 Å². The summed E-state index contributed by atoms with van der Waals surface area (Å²) in [5.41, 5.74) is 1.18. The Hall–Kier alpha value is -3.85. The Balaban J connectivity index is 1.64. The Morgan fingerprint density at radius 2 is 2.11 bits per heavy atom. The van der Waals surface area contributed by atoms with Crippen molar-refractivity contribution in [3.63, 3.8) is 0 Å². The van der Waals surface area contributed by atoms with E-state index >= 15 is 4.39 Å². The minimum Gasteiger partial charge on any atom is -0.508 e. The number of carbonyl (C=O) groups is 2. The van der Waals surface area contributed by atoms with E-state index in [0.717, 1.165) is 6.42 Å². The van der Waals surface area contributed by atoms with Crippen molar-refractivity contribution >= 4 is 22.8 Å². The number of halogens is 1. The van der Waals surface area contributed by atoms with Gasteiger partial charge in [-0.25, -0.2) is 9.18 Å². The number of fused-ring (bicyclic) bond motifs is 4. The number of phenols is 1. The predicted octanol–water partition coefficient (Wildman–Crippen LogP) is 3.86. The first-order valence-corrected chi connectivity index (χ1v) is 11.9. The molecule has 2 atom stereocenters. The highest BCUT2D eigenvalue weighted by Gasteiger charge is 2.60. The van der Waals surface area contributed by atoms with Gasteiger partial charge in [0.25, 0.3) is 5.91 Å². The number of imide groups is 1. The van der Waals surface area contributed by atoms with Crippen LogP contribution >= 0.6 is 0 Å². The average Bonchev–Trinajstić information content (AvgIpc) is 3.31. The molecule has 0 spiro atoms. The van der Waals surface area contributed by atoms with Crippen LogP contribution in [0.3, 0.4) is 0 Å². The molecule has 188 valence electrons. The van der Waals surface area contributed by atoms with Gasteiger partial charge in [0.2, 0.25) is 0 Å². The number of ether oxygens (including phenoxy) is 1. The van der Waals surface area contributed by atoms with Crippen molar-refractivity contribution in [3.05, 3.63) is 71.7 Å². The van der Waals surface area contributed by atoms with Gasteiger partial charge in [-0.1, -0.05) is 18.2 Å². The van der Waals surface area contributed by atoms with Crippen LogP contribution in [0.5, 0.6) is 11.5 Å². The molecular formula is C27H29FN4O4. The quantitative estimate of drug-likeness (QED) is 0.252. The lowest BCUT2D eigenvalue weighted by Crippen LogP contribution is -2.53. The molecule has 1 fully saturated rings. The van der Waals surface area contributed by atoms with E-state index in [1.165, 1.54) is 12.0 Å². The van der Waals surface area contributed by atoms with E-state index in [2.05, 4.69) is 16.9 Å². The second-order valence-corrected chi connectivity index (χ2v) is 9.41. The number of aromatic amines is 1. The molecule has 0 saturated carbocycles. The second-order valence-electron chi connectivity index (χ2n) is 9.41. The summed E-state index contributed by atoms with van der Waals surface area (Å²) >= 11 is 0. The number of nitrogens with zero attached hydrogens (tertiary/aromatic N) is 2. The molecule has 0 unspecified atom stereocenters. The van der Waals surface area contributed by atoms with Crippen LogP contribution in [0.2, 0.25) is 0 Å². The van der Waals surface area contributed by atoms with Crippen molar-refractivity contribution in [2.24, 2.45) is 0 Å². The first kappa shape index (κ1) is 23.9. The molecule has 36 heavy (non-hydrogen) atoms. The highest BCUT2D eigenvalue weighted by atomic mass is 19.1. The van der Waals surface area contributed by atoms with Crippen LogP contribution in [0.25, 0.3) is 10.9 Å².